The summed E-state index contributed by atoms with van der Waals surface area (Å²) in [5, 5.41) is 11.9. The number of ether oxygens (including phenoxy) is 1. The first-order chi connectivity index (χ1) is 9.72. The van der Waals surface area contributed by atoms with E-state index in [4.69, 9.17) is 9.84 Å². The summed E-state index contributed by atoms with van der Waals surface area (Å²) in [7, 11) is 1.80. The number of aliphatic hydroxyl groups is 1. The van der Waals surface area contributed by atoms with Crippen LogP contribution in [0.1, 0.15) is 11.1 Å². The van der Waals surface area contributed by atoms with Gasteiger partial charge in [-0.3, -0.25) is 0 Å². The van der Waals surface area contributed by atoms with Gasteiger partial charge < -0.3 is 15.2 Å². The highest BCUT2D eigenvalue weighted by Crippen LogP contribution is 2.26. The Morgan fingerprint density at radius 1 is 1.15 bits per heavy atom. The van der Waals surface area contributed by atoms with E-state index in [1.807, 2.05) is 24.3 Å². The van der Waals surface area contributed by atoms with Crippen LogP contribution >= 0.6 is 0 Å². The summed E-state index contributed by atoms with van der Waals surface area (Å²) in [6.45, 7) is 0.667. The molecule has 0 aromatic heterocycles. The maximum absolute atomic E-state index is 13.2. The monoisotopic (exact) mass is 275 g/mol. The minimum atomic E-state index is -0.277. The van der Waals surface area contributed by atoms with Gasteiger partial charge in [-0.1, -0.05) is 12.1 Å². The molecule has 2 rings (SSSR count). The number of rotatable bonds is 6. The zero-order chi connectivity index (χ0) is 14.4. The highest BCUT2D eigenvalue weighted by molar-refractivity contribution is 5.39. The Morgan fingerprint density at radius 3 is 2.55 bits per heavy atom. The van der Waals surface area contributed by atoms with Crippen molar-refractivity contribution in [3.05, 3.63) is 59.4 Å². The minimum Gasteiger partial charge on any atom is -0.457 e. The second kappa shape index (κ2) is 7.03. The van der Waals surface area contributed by atoms with Crippen LogP contribution in [0, 0.1) is 5.82 Å². The van der Waals surface area contributed by atoms with E-state index in [-0.39, 0.29) is 12.4 Å². The Labute approximate surface area is 118 Å². The van der Waals surface area contributed by atoms with Crippen molar-refractivity contribution in [3.63, 3.8) is 0 Å². The molecular formula is C16H18FNO2. The van der Waals surface area contributed by atoms with Crippen LogP contribution in [0.5, 0.6) is 11.5 Å². The third kappa shape index (κ3) is 3.79. The van der Waals surface area contributed by atoms with Crippen LogP contribution in [0.15, 0.2) is 42.5 Å². The largest absolute Gasteiger partial charge is 0.457 e. The molecule has 0 spiro atoms. The standard InChI is InChI=1S/C16H18FNO2/c1-18-11-13-10-14(17)4-7-16(13)20-15-5-2-12(3-6-15)8-9-19/h2-7,10,18-19H,8-9,11H2,1H3. The van der Waals surface area contributed by atoms with Gasteiger partial charge in [0.2, 0.25) is 0 Å². The van der Waals surface area contributed by atoms with Crippen LogP contribution in [0.4, 0.5) is 4.39 Å². The SMILES string of the molecule is CNCc1cc(F)ccc1Oc1ccc(CCO)cc1. The van der Waals surface area contributed by atoms with Crippen molar-refractivity contribution < 1.29 is 14.2 Å². The molecule has 0 aliphatic carbocycles. The predicted molar refractivity (Wildman–Crippen MR) is 76.5 cm³/mol. The number of nitrogens with one attached hydrogen (secondary N) is 1. The first-order valence-corrected chi connectivity index (χ1v) is 6.53. The third-order valence-corrected chi connectivity index (χ3v) is 2.94. The highest BCUT2D eigenvalue weighted by atomic mass is 19.1. The molecule has 106 valence electrons. The average molecular weight is 275 g/mol. The minimum absolute atomic E-state index is 0.129. The number of hydrogen-bond donors (Lipinski definition) is 2. The zero-order valence-corrected chi connectivity index (χ0v) is 11.4. The Balaban J connectivity index is 2.16. The van der Waals surface area contributed by atoms with E-state index >= 15 is 0 Å². The number of aliphatic hydroxyl groups excluding tert-OH is 1. The molecule has 0 saturated carbocycles. The molecule has 2 aromatic rings. The van der Waals surface area contributed by atoms with Gasteiger partial charge in [0, 0.05) is 18.7 Å². The Hall–Kier alpha value is -1.91. The topological polar surface area (TPSA) is 41.5 Å². The number of halogens is 1. The second-order valence-corrected chi connectivity index (χ2v) is 4.50. The van der Waals surface area contributed by atoms with Gasteiger partial charge in [0.15, 0.2) is 0 Å². The van der Waals surface area contributed by atoms with E-state index in [0.29, 0.717) is 24.5 Å². The van der Waals surface area contributed by atoms with Gasteiger partial charge in [0.25, 0.3) is 0 Å². The molecule has 0 unspecified atom stereocenters. The maximum Gasteiger partial charge on any atom is 0.132 e. The van der Waals surface area contributed by atoms with Gasteiger partial charge >= 0.3 is 0 Å². The average Bonchev–Trinajstić information content (AvgIpc) is 2.44. The molecule has 0 heterocycles. The first kappa shape index (κ1) is 14.5. The van der Waals surface area contributed by atoms with E-state index in [1.54, 1.807) is 13.1 Å². The summed E-state index contributed by atoms with van der Waals surface area (Å²) in [6.07, 6.45) is 0.627. The third-order valence-electron chi connectivity index (χ3n) is 2.94. The lowest BCUT2D eigenvalue weighted by Gasteiger charge is -2.11. The van der Waals surface area contributed by atoms with Crippen molar-refractivity contribution in [3.8, 4) is 11.5 Å². The summed E-state index contributed by atoms with van der Waals surface area (Å²) in [5.74, 6) is 1.05. The van der Waals surface area contributed by atoms with Gasteiger partial charge in [0.1, 0.15) is 17.3 Å². The summed E-state index contributed by atoms with van der Waals surface area (Å²) >= 11 is 0. The van der Waals surface area contributed by atoms with E-state index in [1.165, 1.54) is 12.1 Å². The lowest BCUT2D eigenvalue weighted by atomic mass is 10.1. The molecule has 3 nitrogen and oxygen atoms in total. The fourth-order valence-corrected chi connectivity index (χ4v) is 1.96. The van der Waals surface area contributed by atoms with Gasteiger partial charge in [-0.15, -0.1) is 0 Å². The Kier molecular flexibility index (Phi) is 5.09. The van der Waals surface area contributed by atoms with E-state index in [2.05, 4.69) is 5.32 Å². The summed E-state index contributed by atoms with van der Waals surface area (Å²) in [5.41, 5.74) is 1.82. The molecule has 0 aliphatic rings. The fraction of sp³-hybridized carbons (Fsp3) is 0.250. The molecule has 0 amide bonds. The fourth-order valence-electron chi connectivity index (χ4n) is 1.96. The van der Waals surface area contributed by atoms with Gasteiger partial charge in [0.05, 0.1) is 0 Å². The van der Waals surface area contributed by atoms with Crippen LogP contribution in [-0.4, -0.2) is 18.8 Å². The summed E-state index contributed by atoms with van der Waals surface area (Å²) in [6, 6.07) is 12.0. The molecule has 0 saturated heterocycles. The molecular weight excluding hydrogens is 257 g/mol. The molecule has 2 N–H and O–H groups in total. The van der Waals surface area contributed by atoms with Crippen molar-refractivity contribution in [2.75, 3.05) is 13.7 Å². The quantitative estimate of drug-likeness (QED) is 0.851. The van der Waals surface area contributed by atoms with E-state index in [0.717, 1.165) is 11.1 Å². The summed E-state index contributed by atoms with van der Waals surface area (Å²) in [4.78, 5) is 0. The van der Waals surface area contributed by atoms with Crippen LogP contribution in [0.25, 0.3) is 0 Å². The molecule has 0 fully saturated rings. The van der Waals surface area contributed by atoms with Crippen molar-refractivity contribution in [1.29, 1.82) is 0 Å². The summed E-state index contributed by atoms with van der Waals surface area (Å²) < 4.78 is 19.0. The molecule has 20 heavy (non-hydrogen) atoms. The smallest absolute Gasteiger partial charge is 0.132 e. The predicted octanol–water partition coefficient (Wildman–Crippen LogP) is 2.87. The molecule has 0 aliphatic heterocycles. The zero-order valence-electron chi connectivity index (χ0n) is 11.4. The van der Waals surface area contributed by atoms with Crippen LogP contribution in [-0.2, 0) is 13.0 Å². The van der Waals surface area contributed by atoms with Gasteiger partial charge in [-0.25, -0.2) is 4.39 Å². The van der Waals surface area contributed by atoms with E-state index < -0.39 is 0 Å². The van der Waals surface area contributed by atoms with Crippen molar-refractivity contribution in [2.45, 2.75) is 13.0 Å². The Morgan fingerprint density at radius 2 is 1.90 bits per heavy atom. The lowest BCUT2D eigenvalue weighted by molar-refractivity contribution is 0.299. The van der Waals surface area contributed by atoms with Crippen molar-refractivity contribution in [2.24, 2.45) is 0 Å². The van der Waals surface area contributed by atoms with E-state index in [9.17, 15) is 4.39 Å². The van der Waals surface area contributed by atoms with Crippen LogP contribution in [0.2, 0.25) is 0 Å². The second-order valence-electron chi connectivity index (χ2n) is 4.50. The Bertz CT molecular complexity index is 555. The normalized spacial score (nSPS) is 10.6. The van der Waals surface area contributed by atoms with Crippen molar-refractivity contribution >= 4 is 0 Å². The number of benzene rings is 2. The lowest BCUT2D eigenvalue weighted by Crippen LogP contribution is -2.06. The van der Waals surface area contributed by atoms with Crippen molar-refractivity contribution in [1.82, 2.24) is 5.32 Å². The van der Waals surface area contributed by atoms with Crippen LogP contribution in [0.3, 0.4) is 0 Å². The first-order valence-electron chi connectivity index (χ1n) is 6.53. The highest BCUT2D eigenvalue weighted by Gasteiger charge is 2.06. The maximum atomic E-state index is 13.2. The molecule has 0 radical (unpaired) electrons. The molecule has 2 aromatic carbocycles. The molecule has 0 bridgehead atoms. The molecule has 0 atom stereocenters. The molecule has 4 heteroatoms. The van der Waals surface area contributed by atoms with Gasteiger partial charge in [-0.05, 0) is 49.4 Å². The van der Waals surface area contributed by atoms with Gasteiger partial charge in [-0.2, -0.15) is 0 Å². The van der Waals surface area contributed by atoms with Crippen LogP contribution < -0.4 is 10.1 Å². The number of hydrogen-bond acceptors (Lipinski definition) is 3.